The van der Waals surface area contributed by atoms with E-state index in [-0.39, 0.29) is 12.8 Å². The van der Waals surface area contributed by atoms with Crippen molar-refractivity contribution in [2.24, 2.45) is 5.73 Å². The van der Waals surface area contributed by atoms with Gasteiger partial charge in [0.15, 0.2) is 0 Å². The van der Waals surface area contributed by atoms with Crippen LogP contribution in [0.5, 0.6) is 0 Å². The monoisotopic (exact) mass is 491 g/mol. The van der Waals surface area contributed by atoms with Crippen LogP contribution in [0.25, 0.3) is 10.9 Å². The molecule has 2 aromatic rings. The summed E-state index contributed by atoms with van der Waals surface area (Å²) in [4.78, 5) is 63.3. The van der Waals surface area contributed by atoms with Crippen LogP contribution < -0.4 is 21.7 Å². The van der Waals surface area contributed by atoms with Crippen LogP contribution in [-0.4, -0.2) is 80.7 Å². The van der Waals surface area contributed by atoms with Gasteiger partial charge in [0.05, 0.1) is 6.61 Å². The lowest BCUT2D eigenvalue weighted by molar-refractivity contribution is -0.141. The number of aliphatic hydroxyl groups is 1. The maximum atomic E-state index is 13.0. The van der Waals surface area contributed by atoms with E-state index in [2.05, 4.69) is 20.9 Å². The van der Waals surface area contributed by atoms with Crippen LogP contribution in [0.2, 0.25) is 0 Å². The number of benzene rings is 1. The lowest BCUT2D eigenvalue weighted by Crippen LogP contribution is -2.57. The normalized spacial score (nSPS) is 14.4. The van der Waals surface area contributed by atoms with Gasteiger partial charge in [0, 0.05) is 29.9 Å². The first-order valence-corrected chi connectivity index (χ1v) is 10.8. The van der Waals surface area contributed by atoms with Gasteiger partial charge in [0.1, 0.15) is 24.2 Å². The number of aromatic nitrogens is 1. The lowest BCUT2D eigenvalue weighted by Gasteiger charge is -2.24. The highest BCUT2D eigenvalue weighted by molar-refractivity contribution is 5.95. The molecule has 1 aromatic heterocycles. The number of carboxylic acids is 2. The number of aromatic amines is 1. The molecule has 13 heteroatoms. The molecule has 2 rings (SSSR count). The highest BCUT2D eigenvalue weighted by Gasteiger charge is 2.30. The first kappa shape index (κ1) is 27.3. The number of hydrogen-bond acceptors (Lipinski definition) is 7. The lowest BCUT2D eigenvalue weighted by atomic mass is 10.0. The van der Waals surface area contributed by atoms with Gasteiger partial charge in [-0.15, -0.1) is 0 Å². The van der Waals surface area contributed by atoms with Crippen molar-refractivity contribution in [1.29, 1.82) is 0 Å². The van der Waals surface area contributed by atoms with Gasteiger partial charge >= 0.3 is 11.9 Å². The van der Waals surface area contributed by atoms with Gasteiger partial charge in [-0.05, 0) is 25.0 Å². The predicted octanol–water partition coefficient (Wildman–Crippen LogP) is -1.55. The number of aliphatic hydroxyl groups excluding tert-OH is 1. The van der Waals surface area contributed by atoms with Crippen molar-refractivity contribution in [2.75, 3.05) is 6.61 Å². The summed E-state index contributed by atoms with van der Waals surface area (Å²) in [7, 11) is 0. The minimum absolute atomic E-state index is 0.0241. The Bertz CT molecular complexity index is 1080. The number of para-hydroxylation sites is 1. The molecule has 0 bridgehead atoms. The van der Waals surface area contributed by atoms with E-state index in [0.717, 1.165) is 10.9 Å². The molecule has 0 radical (unpaired) electrons. The summed E-state index contributed by atoms with van der Waals surface area (Å²) >= 11 is 0. The van der Waals surface area contributed by atoms with Crippen molar-refractivity contribution in [3.05, 3.63) is 36.0 Å². The summed E-state index contributed by atoms with van der Waals surface area (Å²) in [5.74, 6) is -5.02. The van der Waals surface area contributed by atoms with E-state index < -0.39 is 66.9 Å². The van der Waals surface area contributed by atoms with Gasteiger partial charge in [-0.3, -0.25) is 24.0 Å². The summed E-state index contributed by atoms with van der Waals surface area (Å²) in [6.07, 6.45) is 0.853. The standard InChI is InChI=1S/C22H29N5O8/c1-11(22(34)35)25-21(33)17(8-12-9-24-15-5-3-2-4-13(12)15)27-20(32)16(6-7-18(29)30)26-19(31)14(23)10-28/h2-5,9,11,14,16-17,24,28H,6-8,10,23H2,1H3,(H,25,33)(H,26,31)(H,27,32)(H,29,30)(H,34,35). The highest BCUT2D eigenvalue weighted by Crippen LogP contribution is 2.19. The summed E-state index contributed by atoms with van der Waals surface area (Å²) in [6.45, 7) is 0.564. The van der Waals surface area contributed by atoms with Gasteiger partial charge in [0.2, 0.25) is 17.7 Å². The average Bonchev–Trinajstić information content (AvgIpc) is 3.22. The van der Waals surface area contributed by atoms with Gasteiger partial charge < -0.3 is 42.0 Å². The van der Waals surface area contributed by atoms with Crippen LogP contribution in [0.1, 0.15) is 25.3 Å². The van der Waals surface area contributed by atoms with Crippen molar-refractivity contribution >= 4 is 40.6 Å². The molecule has 0 fully saturated rings. The quantitative estimate of drug-likeness (QED) is 0.162. The molecule has 1 heterocycles. The third kappa shape index (κ3) is 7.79. The van der Waals surface area contributed by atoms with E-state index in [9.17, 15) is 24.0 Å². The molecule has 13 nitrogen and oxygen atoms in total. The number of rotatable bonds is 13. The van der Waals surface area contributed by atoms with Gasteiger partial charge in [-0.25, -0.2) is 0 Å². The first-order chi connectivity index (χ1) is 16.5. The number of H-pyrrole nitrogens is 1. The predicted molar refractivity (Wildman–Crippen MR) is 123 cm³/mol. The second-order valence-corrected chi connectivity index (χ2v) is 7.98. The third-order valence-corrected chi connectivity index (χ3v) is 5.27. The van der Waals surface area contributed by atoms with Gasteiger partial charge in [-0.1, -0.05) is 18.2 Å². The molecular weight excluding hydrogens is 462 g/mol. The Balaban J connectivity index is 2.29. The Hall–Kier alpha value is -3.97. The molecule has 0 aliphatic rings. The molecule has 4 unspecified atom stereocenters. The van der Waals surface area contributed by atoms with Crippen molar-refractivity contribution in [1.82, 2.24) is 20.9 Å². The van der Waals surface area contributed by atoms with Crippen LogP contribution in [0.4, 0.5) is 0 Å². The second-order valence-electron chi connectivity index (χ2n) is 7.98. The molecule has 35 heavy (non-hydrogen) atoms. The molecule has 0 spiro atoms. The number of fused-ring (bicyclic) bond motifs is 1. The van der Waals surface area contributed by atoms with E-state index >= 15 is 0 Å². The molecule has 9 N–H and O–H groups in total. The average molecular weight is 492 g/mol. The second kappa shape index (κ2) is 12.5. The summed E-state index contributed by atoms with van der Waals surface area (Å²) in [6, 6.07) is 2.04. The smallest absolute Gasteiger partial charge is 0.325 e. The number of amides is 3. The Kier molecular flexibility index (Phi) is 9.73. The van der Waals surface area contributed by atoms with Crippen molar-refractivity contribution in [2.45, 2.75) is 50.4 Å². The summed E-state index contributed by atoms with van der Waals surface area (Å²) in [5, 5.41) is 35.1. The minimum atomic E-state index is -1.37. The Morgan fingerprint density at radius 2 is 1.60 bits per heavy atom. The largest absolute Gasteiger partial charge is 0.481 e. The van der Waals surface area contributed by atoms with E-state index in [4.69, 9.17) is 21.1 Å². The fourth-order valence-corrected chi connectivity index (χ4v) is 3.28. The number of nitrogens with one attached hydrogen (secondary N) is 4. The zero-order valence-corrected chi connectivity index (χ0v) is 19.0. The number of hydrogen-bond donors (Lipinski definition) is 8. The van der Waals surface area contributed by atoms with Crippen LogP contribution in [0.15, 0.2) is 30.5 Å². The molecule has 0 aliphatic heterocycles. The Labute approximate surface area is 200 Å². The number of nitrogens with two attached hydrogens (primary N) is 1. The van der Waals surface area contributed by atoms with Crippen LogP contribution in [0.3, 0.4) is 0 Å². The number of carboxylic acid groups (broad SMARTS) is 2. The van der Waals surface area contributed by atoms with E-state index in [0.29, 0.717) is 5.56 Å². The van der Waals surface area contributed by atoms with Crippen molar-refractivity contribution in [3.8, 4) is 0 Å². The summed E-state index contributed by atoms with van der Waals surface area (Å²) < 4.78 is 0. The Morgan fingerprint density at radius 3 is 2.23 bits per heavy atom. The maximum absolute atomic E-state index is 13.0. The summed E-state index contributed by atoms with van der Waals surface area (Å²) in [5.41, 5.74) is 6.92. The van der Waals surface area contributed by atoms with Crippen molar-refractivity contribution in [3.63, 3.8) is 0 Å². The SMILES string of the molecule is CC(NC(=O)C(Cc1c[nH]c2ccccc12)NC(=O)C(CCC(=O)O)NC(=O)C(N)CO)C(=O)O. The maximum Gasteiger partial charge on any atom is 0.325 e. The highest BCUT2D eigenvalue weighted by atomic mass is 16.4. The fraction of sp³-hybridized carbons (Fsp3) is 0.409. The van der Waals surface area contributed by atoms with E-state index in [1.54, 1.807) is 12.3 Å². The number of carbonyl (C=O) groups excluding carboxylic acids is 3. The zero-order chi connectivity index (χ0) is 26.1. The van der Waals surface area contributed by atoms with Crippen LogP contribution >= 0.6 is 0 Å². The van der Waals surface area contributed by atoms with Gasteiger partial charge in [-0.2, -0.15) is 0 Å². The number of aliphatic carboxylic acids is 2. The molecule has 1 aromatic carbocycles. The van der Waals surface area contributed by atoms with Crippen LogP contribution in [-0.2, 0) is 30.4 Å². The third-order valence-electron chi connectivity index (χ3n) is 5.27. The molecule has 3 amide bonds. The molecule has 0 saturated heterocycles. The molecule has 4 atom stereocenters. The fourth-order valence-electron chi connectivity index (χ4n) is 3.28. The molecule has 190 valence electrons. The van der Waals surface area contributed by atoms with E-state index in [1.165, 1.54) is 6.92 Å². The van der Waals surface area contributed by atoms with Crippen LogP contribution in [0, 0.1) is 0 Å². The first-order valence-electron chi connectivity index (χ1n) is 10.8. The van der Waals surface area contributed by atoms with E-state index in [1.807, 2.05) is 18.2 Å². The zero-order valence-electron chi connectivity index (χ0n) is 19.0. The Morgan fingerprint density at radius 1 is 0.971 bits per heavy atom. The number of carbonyl (C=O) groups is 5. The molecule has 0 saturated carbocycles. The molecule has 0 aliphatic carbocycles. The van der Waals surface area contributed by atoms with Gasteiger partial charge in [0.25, 0.3) is 0 Å². The van der Waals surface area contributed by atoms with Crippen molar-refractivity contribution < 1.29 is 39.3 Å². The molecular formula is C22H29N5O8. The topological polar surface area (TPSA) is 224 Å². The minimum Gasteiger partial charge on any atom is -0.481 e.